The molecule has 0 bridgehead atoms. The summed E-state index contributed by atoms with van der Waals surface area (Å²) in [6, 6.07) is 5.46. The number of nitrogens with zero attached hydrogens (tertiary/aromatic N) is 2. The first-order chi connectivity index (χ1) is 8.18. The van der Waals surface area contributed by atoms with Gasteiger partial charge in [0.1, 0.15) is 6.10 Å². The van der Waals surface area contributed by atoms with Crippen LogP contribution in [0.4, 0.5) is 8.78 Å². The summed E-state index contributed by atoms with van der Waals surface area (Å²) in [5.74, 6) is -1.68. The smallest absolute Gasteiger partial charge is 0.162 e. The Labute approximate surface area is 96.8 Å². The van der Waals surface area contributed by atoms with E-state index in [1.807, 2.05) is 0 Å². The molecule has 0 saturated carbocycles. The van der Waals surface area contributed by atoms with E-state index in [1.165, 1.54) is 24.5 Å². The zero-order valence-corrected chi connectivity index (χ0v) is 8.85. The lowest BCUT2D eigenvalue weighted by Gasteiger charge is -2.09. The Kier molecular flexibility index (Phi) is 3.39. The fourth-order valence-electron chi connectivity index (χ4n) is 1.49. The summed E-state index contributed by atoms with van der Waals surface area (Å²) in [5, 5.41) is 9.78. The summed E-state index contributed by atoms with van der Waals surface area (Å²) in [4.78, 5) is 7.70. The molecular formula is C12H10F2N2O. The number of hydrogen-bond acceptors (Lipinski definition) is 3. The molecule has 17 heavy (non-hydrogen) atoms. The van der Waals surface area contributed by atoms with E-state index in [0.29, 0.717) is 0 Å². The van der Waals surface area contributed by atoms with Gasteiger partial charge in [-0.25, -0.2) is 18.7 Å². The second-order valence-electron chi connectivity index (χ2n) is 3.54. The molecule has 1 unspecified atom stereocenters. The summed E-state index contributed by atoms with van der Waals surface area (Å²) >= 11 is 0. The van der Waals surface area contributed by atoms with Crippen molar-refractivity contribution < 1.29 is 13.9 Å². The third kappa shape index (κ3) is 2.62. The van der Waals surface area contributed by atoms with Crippen LogP contribution >= 0.6 is 0 Å². The van der Waals surface area contributed by atoms with Crippen LogP contribution in [0.1, 0.15) is 17.5 Å². The van der Waals surface area contributed by atoms with E-state index in [2.05, 4.69) is 9.97 Å². The van der Waals surface area contributed by atoms with Crippen LogP contribution in [0, 0.1) is 11.6 Å². The maximum absolute atomic E-state index is 13.4. The standard InChI is InChI=1S/C12H10F2N2O/c13-9-4-1-3-8(11(9)14)7-10(17)12-15-5-2-6-16-12/h1-6,10,17H,7H2. The molecular weight excluding hydrogens is 226 g/mol. The third-order valence-corrected chi connectivity index (χ3v) is 2.33. The summed E-state index contributed by atoms with van der Waals surface area (Å²) < 4.78 is 26.3. The molecule has 1 N–H and O–H groups in total. The maximum atomic E-state index is 13.4. The minimum Gasteiger partial charge on any atom is -0.385 e. The van der Waals surface area contributed by atoms with Gasteiger partial charge in [-0.15, -0.1) is 0 Å². The van der Waals surface area contributed by atoms with Gasteiger partial charge in [-0.2, -0.15) is 0 Å². The van der Waals surface area contributed by atoms with Crippen molar-refractivity contribution in [2.24, 2.45) is 0 Å². The highest BCUT2D eigenvalue weighted by Gasteiger charge is 2.15. The number of rotatable bonds is 3. The number of benzene rings is 1. The van der Waals surface area contributed by atoms with Gasteiger partial charge in [0.2, 0.25) is 0 Å². The fourth-order valence-corrected chi connectivity index (χ4v) is 1.49. The summed E-state index contributed by atoms with van der Waals surface area (Å²) in [6.45, 7) is 0. The van der Waals surface area contributed by atoms with Crippen LogP contribution in [0.3, 0.4) is 0 Å². The van der Waals surface area contributed by atoms with E-state index in [-0.39, 0.29) is 17.8 Å². The van der Waals surface area contributed by atoms with Crippen molar-refractivity contribution in [2.45, 2.75) is 12.5 Å². The van der Waals surface area contributed by atoms with Crippen LogP contribution in [0.25, 0.3) is 0 Å². The molecule has 0 saturated heterocycles. The van der Waals surface area contributed by atoms with E-state index in [0.717, 1.165) is 6.07 Å². The molecule has 0 aliphatic rings. The van der Waals surface area contributed by atoms with E-state index >= 15 is 0 Å². The predicted molar refractivity (Wildman–Crippen MR) is 57.1 cm³/mol. The van der Waals surface area contributed by atoms with Crippen molar-refractivity contribution in [2.75, 3.05) is 0 Å². The van der Waals surface area contributed by atoms with Crippen LogP contribution in [0.15, 0.2) is 36.7 Å². The van der Waals surface area contributed by atoms with Gasteiger partial charge >= 0.3 is 0 Å². The van der Waals surface area contributed by atoms with Crippen molar-refractivity contribution in [3.63, 3.8) is 0 Å². The topological polar surface area (TPSA) is 46.0 Å². The lowest BCUT2D eigenvalue weighted by Crippen LogP contribution is -2.08. The largest absolute Gasteiger partial charge is 0.385 e. The van der Waals surface area contributed by atoms with Crippen LogP contribution < -0.4 is 0 Å². The number of halogens is 2. The summed E-state index contributed by atoms with van der Waals surface area (Å²) in [6.07, 6.45) is 1.85. The first-order valence-corrected chi connectivity index (χ1v) is 5.06. The molecule has 1 aromatic carbocycles. The number of aliphatic hydroxyl groups is 1. The first-order valence-electron chi connectivity index (χ1n) is 5.06. The van der Waals surface area contributed by atoms with E-state index in [9.17, 15) is 13.9 Å². The SMILES string of the molecule is OC(Cc1cccc(F)c1F)c1ncccn1. The molecule has 0 aliphatic heterocycles. The zero-order chi connectivity index (χ0) is 12.3. The molecule has 2 rings (SSSR count). The lowest BCUT2D eigenvalue weighted by atomic mass is 10.1. The minimum atomic E-state index is -1.05. The van der Waals surface area contributed by atoms with Gasteiger partial charge in [-0.3, -0.25) is 0 Å². The normalized spacial score (nSPS) is 12.4. The molecule has 5 heteroatoms. The minimum absolute atomic E-state index is 0.0619. The predicted octanol–water partition coefficient (Wildman–Crippen LogP) is 2.03. The highest BCUT2D eigenvalue weighted by atomic mass is 19.2. The molecule has 3 nitrogen and oxygen atoms in total. The van der Waals surface area contributed by atoms with Crippen LogP contribution in [0.5, 0.6) is 0 Å². The van der Waals surface area contributed by atoms with Crippen LogP contribution in [-0.4, -0.2) is 15.1 Å². The third-order valence-electron chi connectivity index (χ3n) is 2.33. The maximum Gasteiger partial charge on any atom is 0.162 e. The average Bonchev–Trinajstić information content (AvgIpc) is 2.36. The number of aromatic nitrogens is 2. The van der Waals surface area contributed by atoms with Gasteiger partial charge in [0.05, 0.1) is 0 Å². The van der Waals surface area contributed by atoms with Crippen molar-refractivity contribution in [1.82, 2.24) is 9.97 Å². The molecule has 0 radical (unpaired) electrons. The van der Waals surface area contributed by atoms with Crippen molar-refractivity contribution in [1.29, 1.82) is 0 Å². The zero-order valence-electron chi connectivity index (χ0n) is 8.85. The van der Waals surface area contributed by atoms with Gasteiger partial charge < -0.3 is 5.11 Å². The van der Waals surface area contributed by atoms with Crippen molar-refractivity contribution in [3.8, 4) is 0 Å². The molecule has 1 atom stereocenters. The van der Waals surface area contributed by atoms with Gasteiger partial charge in [0.25, 0.3) is 0 Å². The molecule has 2 aromatic rings. The molecule has 0 spiro atoms. The summed E-state index contributed by atoms with van der Waals surface area (Å²) in [5.41, 5.74) is 0.102. The fraction of sp³-hybridized carbons (Fsp3) is 0.167. The molecule has 0 amide bonds. The molecule has 88 valence electrons. The van der Waals surface area contributed by atoms with Crippen LogP contribution in [0.2, 0.25) is 0 Å². The van der Waals surface area contributed by atoms with Gasteiger partial charge in [0, 0.05) is 18.8 Å². The first kappa shape index (κ1) is 11.6. The molecule has 0 aliphatic carbocycles. The van der Waals surface area contributed by atoms with Gasteiger partial charge in [0.15, 0.2) is 17.5 Å². The van der Waals surface area contributed by atoms with Crippen molar-refractivity contribution in [3.05, 3.63) is 59.7 Å². The van der Waals surface area contributed by atoms with Crippen molar-refractivity contribution >= 4 is 0 Å². The molecule has 0 fully saturated rings. The van der Waals surface area contributed by atoms with Crippen LogP contribution in [-0.2, 0) is 6.42 Å². The second-order valence-corrected chi connectivity index (χ2v) is 3.54. The number of aliphatic hydroxyl groups excluding tert-OH is 1. The molecule has 1 aromatic heterocycles. The lowest BCUT2D eigenvalue weighted by molar-refractivity contribution is 0.166. The van der Waals surface area contributed by atoms with E-state index < -0.39 is 17.7 Å². The Morgan fingerprint density at radius 1 is 1.12 bits per heavy atom. The Bertz CT molecular complexity index is 505. The Morgan fingerprint density at radius 3 is 2.53 bits per heavy atom. The number of hydrogen-bond donors (Lipinski definition) is 1. The van der Waals surface area contributed by atoms with E-state index in [4.69, 9.17) is 0 Å². The monoisotopic (exact) mass is 236 g/mol. The van der Waals surface area contributed by atoms with Gasteiger partial charge in [-0.1, -0.05) is 12.1 Å². The second kappa shape index (κ2) is 4.97. The Balaban J connectivity index is 2.19. The van der Waals surface area contributed by atoms with Gasteiger partial charge in [-0.05, 0) is 17.7 Å². The highest BCUT2D eigenvalue weighted by Crippen LogP contribution is 2.18. The summed E-state index contributed by atoms with van der Waals surface area (Å²) in [7, 11) is 0. The average molecular weight is 236 g/mol. The quantitative estimate of drug-likeness (QED) is 0.886. The highest BCUT2D eigenvalue weighted by molar-refractivity contribution is 5.20. The van der Waals surface area contributed by atoms with E-state index in [1.54, 1.807) is 6.07 Å². The molecule has 1 heterocycles. The Morgan fingerprint density at radius 2 is 1.82 bits per heavy atom. The Hall–Kier alpha value is -1.88.